The molecule has 0 nitrogen and oxygen atoms in total. The number of halogens is 2. The molecule has 0 radical (unpaired) electrons. The molecule has 0 aromatic heterocycles. The SMILES string of the molecule is Fc1ccccc1-c1ccccc1-c1ccc(Cl)cc1. The van der Waals surface area contributed by atoms with Crippen LogP contribution in [0, 0.1) is 5.82 Å². The molecule has 0 aliphatic carbocycles. The van der Waals surface area contributed by atoms with Gasteiger partial charge in [0.1, 0.15) is 5.82 Å². The lowest BCUT2D eigenvalue weighted by molar-refractivity contribution is 0.631. The van der Waals surface area contributed by atoms with Gasteiger partial charge < -0.3 is 0 Å². The zero-order valence-electron chi connectivity index (χ0n) is 10.7. The molecule has 0 atom stereocenters. The van der Waals surface area contributed by atoms with Gasteiger partial charge in [-0.05, 0) is 34.9 Å². The number of hydrogen-bond donors (Lipinski definition) is 0. The van der Waals surface area contributed by atoms with Crippen molar-refractivity contribution in [1.82, 2.24) is 0 Å². The summed E-state index contributed by atoms with van der Waals surface area (Å²) in [7, 11) is 0. The highest BCUT2D eigenvalue weighted by Crippen LogP contribution is 2.33. The second-order valence-electron chi connectivity index (χ2n) is 4.53. The van der Waals surface area contributed by atoms with Crippen molar-refractivity contribution in [2.75, 3.05) is 0 Å². The highest BCUT2D eigenvalue weighted by Gasteiger charge is 2.10. The highest BCUT2D eigenvalue weighted by atomic mass is 35.5. The quantitative estimate of drug-likeness (QED) is 0.556. The van der Waals surface area contributed by atoms with Crippen molar-refractivity contribution < 1.29 is 4.39 Å². The Morgan fingerprint density at radius 2 is 1.15 bits per heavy atom. The van der Waals surface area contributed by atoms with E-state index >= 15 is 0 Å². The molecule has 98 valence electrons. The summed E-state index contributed by atoms with van der Waals surface area (Å²) in [5, 5.41) is 0.692. The molecule has 0 N–H and O–H groups in total. The lowest BCUT2D eigenvalue weighted by Gasteiger charge is -2.11. The molecule has 0 bridgehead atoms. The predicted molar refractivity (Wildman–Crippen MR) is 82.3 cm³/mol. The third-order valence-corrected chi connectivity index (χ3v) is 3.50. The normalized spacial score (nSPS) is 10.5. The number of hydrogen-bond acceptors (Lipinski definition) is 0. The van der Waals surface area contributed by atoms with Crippen molar-refractivity contribution in [3.05, 3.63) is 83.6 Å². The van der Waals surface area contributed by atoms with Crippen molar-refractivity contribution in [2.45, 2.75) is 0 Å². The van der Waals surface area contributed by atoms with Crippen molar-refractivity contribution in [1.29, 1.82) is 0 Å². The Kier molecular flexibility index (Phi) is 3.53. The van der Waals surface area contributed by atoms with E-state index in [1.807, 2.05) is 54.6 Å². The van der Waals surface area contributed by atoms with Crippen molar-refractivity contribution in [2.24, 2.45) is 0 Å². The van der Waals surface area contributed by atoms with E-state index in [1.165, 1.54) is 6.07 Å². The Balaban J connectivity index is 2.19. The number of benzene rings is 3. The summed E-state index contributed by atoms with van der Waals surface area (Å²) >= 11 is 5.92. The van der Waals surface area contributed by atoms with Crippen LogP contribution in [0.5, 0.6) is 0 Å². The van der Waals surface area contributed by atoms with Gasteiger partial charge in [-0.2, -0.15) is 0 Å². The molecule has 0 fully saturated rings. The van der Waals surface area contributed by atoms with Gasteiger partial charge in [0.2, 0.25) is 0 Å². The Hall–Kier alpha value is -2.12. The van der Waals surface area contributed by atoms with E-state index in [2.05, 4.69) is 0 Å². The molecule has 0 saturated heterocycles. The zero-order valence-corrected chi connectivity index (χ0v) is 11.4. The average Bonchev–Trinajstić information content (AvgIpc) is 2.49. The van der Waals surface area contributed by atoms with E-state index < -0.39 is 0 Å². The van der Waals surface area contributed by atoms with Gasteiger partial charge in [0, 0.05) is 10.6 Å². The molecule has 0 aliphatic heterocycles. The Labute approximate surface area is 122 Å². The average molecular weight is 283 g/mol. The molecule has 0 amide bonds. The van der Waals surface area contributed by atoms with Crippen LogP contribution < -0.4 is 0 Å². The molecule has 3 rings (SSSR count). The van der Waals surface area contributed by atoms with Crippen LogP contribution in [0.1, 0.15) is 0 Å². The van der Waals surface area contributed by atoms with E-state index in [0.29, 0.717) is 10.6 Å². The molecule has 0 aliphatic rings. The van der Waals surface area contributed by atoms with Crippen LogP contribution in [0.15, 0.2) is 72.8 Å². The maximum atomic E-state index is 14.0. The van der Waals surface area contributed by atoms with Crippen LogP contribution in [0.4, 0.5) is 4.39 Å². The van der Waals surface area contributed by atoms with E-state index in [-0.39, 0.29) is 5.82 Å². The fourth-order valence-corrected chi connectivity index (χ4v) is 2.40. The van der Waals surface area contributed by atoms with Crippen LogP contribution in [0.2, 0.25) is 5.02 Å². The molecule has 0 unspecified atom stereocenters. The van der Waals surface area contributed by atoms with Gasteiger partial charge in [-0.1, -0.05) is 66.2 Å². The fraction of sp³-hybridized carbons (Fsp3) is 0. The summed E-state index contributed by atoms with van der Waals surface area (Å²) in [6.45, 7) is 0. The van der Waals surface area contributed by atoms with E-state index in [4.69, 9.17) is 11.6 Å². The van der Waals surface area contributed by atoms with Gasteiger partial charge in [-0.3, -0.25) is 0 Å². The van der Waals surface area contributed by atoms with Gasteiger partial charge in [0.25, 0.3) is 0 Å². The first kappa shape index (κ1) is 12.9. The topological polar surface area (TPSA) is 0 Å². The first-order valence-electron chi connectivity index (χ1n) is 6.35. The fourth-order valence-electron chi connectivity index (χ4n) is 2.28. The summed E-state index contributed by atoms with van der Waals surface area (Å²) in [4.78, 5) is 0. The van der Waals surface area contributed by atoms with Gasteiger partial charge in [0.05, 0.1) is 0 Å². The van der Waals surface area contributed by atoms with E-state index in [0.717, 1.165) is 16.7 Å². The molecule has 0 spiro atoms. The lowest BCUT2D eigenvalue weighted by atomic mass is 9.94. The van der Waals surface area contributed by atoms with Gasteiger partial charge in [-0.15, -0.1) is 0 Å². The maximum absolute atomic E-state index is 14.0. The van der Waals surface area contributed by atoms with Gasteiger partial charge >= 0.3 is 0 Å². The molecule has 20 heavy (non-hydrogen) atoms. The maximum Gasteiger partial charge on any atom is 0.131 e. The Morgan fingerprint density at radius 1 is 0.600 bits per heavy atom. The lowest BCUT2D eigenvalue weighted by Crippen LogP contribution is -1.88. The first-order chi connectivity index (χ1) is 9.75. The molecular formula is C18H12ClF. The molecule has 0 heterocycles. The third kappa shape index (κ3) is 2.45. The molecule has 3 aromatic carbocycles. The second-order valence-corrected chi connectivity index (χ2v) is 4.97. The Bertz CT molecular complexity index is 732. The van der Waals surface area contributed by atoms with Crippen molar-refractivity contribution >= 4 is 11.6 Å². The van der Waals surface area contributed by atoms with Crippen LogP contribution in [-0.4, -0.2) is 0 Å². The number of rotatable bonds is 2. The zero-order chi connectivity index (χ0) is 13.9. The molecular weight excluding hydrogens is 271 g/mol. The summed E-state index contributed by atoms with van der Waals surface area (Å²) in [5.41, 5.74) is 3.51. The minimum absolute atomic E-state index is 0.214. The molecule has 0 saturated carbocycles. The smallest absolute Gasteiger partial charge is 0.131 e. The first-order valence-corrected chi connectivity index (χ1v) is 6.73. The van der Waals surface area contributed by atoms with Crippen LogP contribution >= 0.6 is 11.6 Å². The Morgan fingerprint density at radius 3 is 1.80 bits per heavy atom. The predicted octanol–water partition coefficient (Wildman–Crippen LogP) is 5.81. The van der Waals surface area contributed by atoms with Crippen molar-refractivity contribution in [3.63, 3.8) is 0 Å². The summed E-state index contributed by atoms with van der Waals surface area (Å²) in [6, 6.07) is 22.2. The minimum Gasteiger partial charge on any atom is -0.206 e. The third-order valence-electron chi connectivity index (χ3n) is 3.25. The molecule has 2 heteroatoms. The second kappa shape index (κ2) is 5.48. The summed E-state index contributed by atoms with van der Waals surface area (Å²) < 4.78 is 14.0. The summed E-state index contributed by atoms with van der Waals surface area (Å²) in [5.74, 6) is -0.214. The van der Waals surface area contributed by atoms with E-state index in [9.17, 15) is 4.39 Å². The monoisotopic (exact) mass is 282 g/mol. The largest absolute Gasteiger partial charge is 0.206 e. The minimum atomic E-state index is -0.214. The van der Waals surface area contributed by atoms with Crippen molar-refractivity contribution in [3.8, 4) is 22.3 Å². The van der Waals surface area contributed by atoms with Crippen LogP contribution in [0.3, 0.4) is 0 Å². The van der Waals surface area contributed by atoms with Gasteiger partial charge in [-0.25, -0.2) is 4.39 Å². The summed E-state index contributed by atoms with van der Waals surface area (Å²) in [6.07, 6.45) is 0. The van der Waals surface area contributed by atoms with E-state index in [1.54, 1.807) is 12.1 Å². The molecule has 3 aromatic rings. The van der Waals surface area contributed by atoms with Gasteiger partial charge in [0.15, 0.2) is 0 Å². The highest BCUT2D eigenvalue weighted by molar-refractivity contribution is 6.30. The van der Waals surface area contributed by atoms with Crippen LogP contribution in [-0.2, 0) is 0 Å². The standard InChI is InChI=1S/C18H12ClF/c19-14-11-9-13(10-12-14)15-5-1-2-6-16(15)17-7-3-4-8-18(17)20/h1-12H. The van der Waals surface area contributed by atoms with Crippen LogP contribution in [0.25, 0.3) is 22.3 Å².